The van der Waals surface area contributed by atoms with Crippen LogP contribution in [0.4, 0.5) is 0 Å². The molecule has 2 rings (SSSR count). The van der Waals surface area contributed by atoms with Gasteiger partial charge in [-0.15, -0.1) is 5.10 Å². The van der Waals surface area contributed by atoms with Crippen LogP contribution in [0.5, 0.6) is 0 Å². The number of carbonyl (C=O) groups is 1. The topological polar surface area (TPSA) is 77.2 Å². The number of rotatable bonds is 7. The lowest BCUT2D eigenvalue weighted by atomic mass is 10.2. The average Bonchev–Trinajstić information content (AvgIpc) is 3.04. The quantitative estimate of drug-likeness (QED) is 0.745. The molecule has 0 spiro atoms. The van der Waals surface area contributed by atoms with E-state index in [4.69, 9.17) is 9.84 Å². The SMILES string of the molecule is CC(C)COCCn1nnc(C(=O)O)c1C1CC1. The molecule has 0 atom stereocenters. The molecule has 0 bridgehead atoms. The van der Waals surface area contributed by atoms with Crippen molar-refractivity contribution in [3.63, 3.8) is 0 Å². The highest BCUT2D eigenvalue weighted by Crippen LogP contribution is 2.41. The fourth-order valence-corrected chi connectivity index (χ4v) is 1.87. The number of carboxylic acid groups (broad SMARTS) is 1. The normalized spacial score (nSPS) is 15.3. The van der Waals surface area contributed by atoms with E-state index in [9.17, 15) is 4.79 Å². The summed E-state index contributed by atoms with van der Waals surface area (Å²) in [6.07, 6.45) is 2.06. The highest BCUT2D eigenvalue weighted by molar-refractivity contribution is 5.86. The van der Waals surface area contributed by atoms with Crippen molar-refractivity contribution in [2.24, 2.45) is 5.92 Å². The average molecular weight is 253 g/mol. The minimum absolute atomic E-state index is 0.0985. The fourth-order valence-electron chi connectivity index (χ4n) is 1.87. The van der Waals surface area contributed by atoms with E-state index in [1.54, 1.807) is 4.68 Å². The van der Waals surface area contributed by atoms with Gasteiger partial charge in [-0.25, -0.2) is 9.48 Å². The predicted octanol–water partition coefficient (Wildman–Crippen LogP) is 1.53. The first-order valence-electron chi connectivity index (χ1n) is 6.34. The summed E-state index contributed by atoms with van der Waals surface area (Å²) in [5, 5.41) is 16.7. The number of aromatic nitrogens is 3. The van der Waals surface area contributed by atoms with E-state index in [2.05, 4.69) is 24.2 Å². The van der Waals surface area contributed by atoms with Crippen molar-refractivity contribution in [1.29, 1.82) is 0 Å². The van der Waals surface area contributed by atoms with Gasteiger partial charge in [0, 0.05) is 12.5 Å². The monoisotopic (exact) mass is 253 g/mol. The first-order chi connectivity index (χ1) is 8.59. The molecule has 1 aliphatic carbocycles. The van der Waals surface area contributed by atoms with Crippen LogP contribution in [-0.4, -0.2) is 39.3 Å². The second-order valence-corrected chi connectivity index (χ2v) is 5.09. The minimum Gasteiger partial charge on any atom is -0.476 e. The molecule has 1 heterocycles. The summed E-state index contributed by atoms with van der Waals surface area (Å²) < 4.78 is 7.17. The molecule has 0 aliphatic heterocycles. The zero-order valence-electron chi connectivity index (χ0n) is 10.8. The van der Waals surface area contributed by atoms with Crippen molar-refractivity contribution < 1.29 is 14.6 Å². The number of hydrogen-bond donors (Lipinski definition) is 1. The summed E-state index contributed by atoms with van der Waals surface area (Å²) in [5.74, 6) is -0.180. The summed E-state index contributed by atoms with van der Waals surface area (Å²) in [4.78, 5) is 11.0. The van der Waals surface area contributed by atoms with Crippen LogP contribution in [0.25, 0.3) is 0 Å². The highest BCUT2D eigenvalue weighted by Gasteiger charge is 2.33. The lowest BCUT2D eigenvalue weighted by Crippen LogP contribution is -2.13. The van der Waals surface area contributed by atoms with Crippen LogP contribution in [0.2, 0.25) is 0 Å². The van der Waals surface area contributed by atoms with Crippen molar-refractivity contribution >= 4 is 5.97 Å². The van der Waals surface area contributed by atoms with Crippen LogP contribution in [0, 0.1) is 5.92 Å². The van der Waals surface area contributed by atoms with Crippen LogP contribution >= 0.6 is 0 Å². The van der Waals surface area contributed by atoms with E-state index in [0.717, 1.165) is 18.5 Å². The van der Waals surface area contributed by atoms with Gasteiger partial charge < -0.3 is 9.84 Å². The minimum atomic E-state index is -0.994. The number of carboxylic acids is 1. The van der Waals surface area contributed by atoms with Crippen molar-refractivity contribution in [3.05, 3.63) is 11.4 Å². The van der Waals surface area contributed by atoms with E-state index in [0.29, 0.717) is 31.6 Å². The Kier molecular flexibility index (Phi) is 3.96. The smallest absolute Gasteiger partial charge is 0.358 e. The van der Waals surface area contributed by atoms with Crippen LogP contribution in [0.1, 0.15) is 48.8 Å². The van der Waals surface area contributed by atoms with Gasteiger partial charge in [-0.3, -0.25) is 0 Å². The Morgan fingerprint density at radius 2 is 2.28 bits per heavy atom. The lowest BCUT2D eigenvalue weighted by Gasteiger charge is -2.08. The zero-order valence-corrected chi connectivity index (χ0v) is 10.8. The molecule has 1 aromatic heterocycles. The Labute approximate surface area is 106 Å². The Morgan fingerprint density at radius 1 is 1.56 bits per heavy atom. The largest absolute Gasteiger partial charge is 0.476 e. The molecule has 1 aliphatic rings. The van der Waals surface area contributed by atoms with Gasteiger partial charge in [0.05, 0.1) is 18.8 Å². The second kappa shape index (κ2) is 5.48. The summed E-state index contributed by atoms with van der Waals surface area (Å²) in [6.45, 7) is 6.00. The van der Waals surface area contributed by atoms with E-state index in [1.165, 1.54) is 0 Å². The van der Waals surface area contributed by atoms with Crippen LogP contribution in [0.3, 0.4) is 0 Å². The third-order valence-corrected chi connectivity index (χ3v) is 2.84. The molecule has 6 heteroatoms. The summed E-state index contributed by atoms with van der Waals surface area (Å²) >= 11 is 0. The number of ether oxygens (including phenoxy) is 1. The molecule has 6 nitrogen and oxygen atoms in total. The third kappa shape index (κ3) is 3.07. The van der Waals surface area contributed by atoms with Crippen molar-refractivity contribution in [2.75, 3.05) is 13.2 Å². The maximum Gasteiger partial charge on any atom is 0.358 e. The van der Waals surface area contributed by atoms with Gasteiger partial charge in [0.2, 0.25) is 0 Å². The van der Waals surface area contributed by atoms with Crippen LogP contribution < -0.4 is 0 Å². The molecule has 0 saturated heterocycles. The Balaban J connectivity index is 1.97. The molecular formula is C12H19N3O3. The molecule has 18 heavy (non-hydrogen) atoms. The van der Waals surface area contributed by atoms with Crippen LogP contribution in [0.15, 0.2) is 0 Å². The van der Waals surface area contributed by atoms with Gasteiger partial charge in [-0.2, -0.15) is 0 Å². The van der Waals surface area contributed by atoms with E-state index >= 15 is 0 Å². The van der Waals surface area contributed by atoms with Gasteiger partial charge in [0.25, 0.3) is 0 Å². The van der Waals surface area contributed by atoms with Crippen molar-refractivity contribution in [1.82, 2.24) is 15.0 Å². The molecule has 1 aromatic rings. The van der Waals surface area contributed by atoms with E-state index < -0.39 is 5.97 Å². The third-order valence-electron chi connectivity index (χ3n) is 2.84. The Morgan fingerprint density at radius 3 is 2.83 bits per heavy atom. The Hall–Kier alpha value is -1.43. The molecule has 1 fully saturated rings. The molecule has 0 aromatic carbocycles. The molecule has 100 valence electrons. The van der Waals surface area contributed by atoms with Gasteiger partial charge in [0.1, 0.15) is 0 Å². The molecule has 1 N–H and O–H groups in total. The molecular weight excluding hydrogens is 234 g/mol. The first-order valence-corrected chi connectivity index (χ1v) is 6.34. The van der Waals surface area contributed by atoms with Crippen molar-refractivity contribution in [2.45, 2.75) is 39.2 Å². The zero-order chi connectivity index (χ0) is 13.1. The van der Waals surface area contributed by atoms with Crippen molar-refractivity contribution in [3.8, 4) is 0 Å². The summed E-state index contributed by atoms with van der Waals surface area (Å²) in [6, 6.07) is 0. The van der Waals surface area contributed by atoms with E-state index in [1.807, 2.05) is 0 Å². The molecule has 0 amide bonds. The maximum absolute atomic E-state index is 11.0. The molecule has 0 radical (unpaired) electrons. The van der Waals surface area contributed by atoms with Gasteiger partial charge in [-0.1, -0.05) is 19.1 Å². The Bertz CT molecular complexity index is 424. The number of nitrogens with zero attached hydrogens (tertiary/aromatic N) is 3. The molecule has 1 saturated carbocycles. The van der Waals surface area contributed by atoms with Crippen LogP contribution in [-0.2, 0) is 11.3 Å². The number of aromatic carboxylic acids is 1. The summed E-state index contributed by atoms with van der Waals surface area (Å²) in [7, 11) is 0. The second-order valence-electron chi connectivity index (χ2n) is 5.09. The number of hydrogen-bond acceptors (Lipinski definition) is 4. The predicted molar refractivity (Wildman–Crippen MR) is 64.6 cm³/mol. The highest BCUT2D eigenvalue weighted by atomic mass is 16.5. The van der Waals surface area contributed by atoms with Gasteiger partial charge in [0.15, 0.2) is 5.69 Å². The van der Waals surface area contributed by atoms with Gasteiger partial charge in [-0.05, 0) is 18.8 Å². The fraction of sp³-hybridized carbons (Fsp3) is 0.750. The maximum atomic E-state index is 11.0. The lowest BCUT2D eigenvalue weighted by molar-refractivity contribution is 0.0688. The first kappa shape index (κ1) is 13.0. The van der Waals surface area contributed by atoms with Gasteiger partial charge >= 0.3 is 5.97 Å². The summed E-state index contributed by atoms with van der Waals surface area (Å²) in [5.41, 5.74) is 0.858. The van der Waals surface area contributed by atoms with E-state index in [-0.39, 0.29) is 5.69 Å². The molecule has 0 unspecified atom stereocenters. The standard InChI is InChI=1S/C12H19N3O3/c1-8(2)7-18-6-5-15-11(9-3-4-9)10(12(16)17)13-14-15/h8-9H,3-7H2,1-2H3,(H,16,17).